The predicted molar refractivity (Wildman–Crippen MR) is 62.7 cm³/mol. The Morgan fingerprint density at radius 1 is 1.65 bits per heavy atom. The molecule has 2 unspecified atom stereocenters. The van der Waals surface area contributed by atoms with Crippen LogP contribution < -0.4 is 0 Å². The molecule has 0 spiro atoms. The molecular formula is C11H15NO4S. The quantitative estimate of drug-likeness (QED) is 0.867. The van der Waals surface area contributed by atoms with Crippen molar-refractivity contribution in [2.45, 2.75) is 18.9 Å². The van der Waals surface area contributed by atoms with Crippen LogP contribution in [0.15, 0.2) is 16.8 Å². The summed E-state index contributed by atoms with van der Waals surface area (Å²) >= 11 is 1.54. The van der Waals surface area contributed by atoms with Crippen molar-refractivity contribution >= 4 is 17.5 Å². The summed E-state index contributed by atoms with van der Waals surface area (Å²) in [5.74, 6) is 0.0256. The van der Waals surface area contributed by atoms with Crippen LogP contribution in [0, 0.1) is 5.92 Å². The summed E-state index contributed by atoms with van der Waals surface area (Å²) in [5.41, 5.74) is 0.900. The van der Waals surface area contributed by atoms with Crippen molar-refractivity contribution in [3.63, 3.8) is 0 Å². The van der Waals surface area contributed by atoms with Gasteiger partial charge in [-0.25, -0.2) is 4.79 Å². The average molecular weight is 257 g/mol. The minimum atomic E-state index is -1.30. The van der Waals surface area contributed by atoms with Crippen LogP contribution in [-0.4, -0.2) is 34.5 Å². The van der Waals surface area contributed by atoms with Crippen molar-refractivity contribution in [2.24, 2.45) is 5.92 Å². The van der Waals surface area contributed by atoms with Crippen LogP contribution in [-0.2, 0) is 4.84 Å². The molecule has 2 rings (SSSR count). The van der Waals surface area contributed by atoms with Gasteiger partial charge < -0.3 is 15.1 Å². The Morgan fingerprint density at radius 2 is 2.47 bits per heavy atom. The summed E-state index contributed by atoms with van der Waals surface area (Å²) < 4.78 is 0. The lowest BCUT2D eigenvalue weighted by molar-refractivity contribution is -0.150. The van der Waals surface area contributed by atoms with E-state index < -0.39 is 12.3 Å². The van der Waals surface area contributed by atoms with Gasteiger partial charge >= 0.3 is 6.16 Å². The molecule has 0 radical (unpaired) electrons. The van der Waals surface area contributed by atoms with Crippen molar-refractivity contribution in [1.29, 1.82) is 0 Å². The highest BCUT2D eigenvalue weighted by molar-refractivity contribution is 7.07. The predicted octanol–water partition coefficient (Wildman–Crippen LogP) is 2.10. The Bertz CT molecular complexity index is 368. The Balaban J connectivity index is 1.95. The number of hydroxylamine groups is 2. The molecule has 5 nitrogen and oxygen atoms in total. The zero-order chi connectivity index (χ0) is 12.3. The molecule has 17 heavy (non-hydrogen) atoms. The largest absolute Gasteiger partial charge is 0.525 e. The molecule has 1 aromatic heterocycles. The van der Waals surface area contributed by atoms with E-state index in [-0.39, 0.29) is 5.92 Å². The maximum Gasteiger partial charge on any atom is 0.525 e. The number of aliphatic hydroxyl groups excluding tert-OH is 1. The number of thiophene rings is 1. The number of piperidine rings is 1. The van der Waals surface area contributed by atoms with Crippen LogP contribution in [0.1, 0.15) is 24.5 Å². The van der Waals surface area contributed by atoms with Gasteiger partial charge in [0.1, 0.15) is 0 Å². The molecule has 0 saturated carbocycles. The standard InChI is InChI=1S/C11H15NO4S/c13-10(9-3-5-17-7-9)8-2-1-4-12(6-8)16-11(14)15/h3,5,7-8,10,13H,1-2,4,6H2,(H,14,15). The number of rotatable bonds is 3. The van der Waals surface area contributed by atoms with E-state index in [1.54, 1.807) is 11.3 Å². The Hall–Kier alpha value is -1.11. The summed E-state index contributed by atoms with van der Waals surface area (Å²) in [4.78, 5) is 15.1. The lowest BCUT2D eigenvalue weighted by Crippen LogP contribution is -2.38. The zero-order valence-electron chi connectivity index (χ0n) is 9.28. The second-order valence-corrected chi connectivity index (χ2v) is 4.93. The Labute approximate surface area is 103 Å². The summed E-state index contributed by atoms with van der Waals surface area (Å²) in [6.45, 7) is 1.04. The first kappa shape index (κ1) is 12.3. The molecule has 0 amide bonds. The smallest absolute Gasteiger partial charge is 0.448 e. The molecule has 2 heterocycles. The number of nitrogens with zero attached hydrogens (tertiary/aromatic N) is 1. The van der Waals surface area contributed by atoms with Gasteiger partial charge in [-0.05, 0) is 35.2 Å². The minimum Gasteiger partial charge on any atom is -0.448 e. The SMILES string of the molecule is O=C(O)ON1CCCC(C(O)c2ccsc2)C1. The van der Waals surface area contributed by atoms with Crippen molar-refractivity contribution in [3.8, 4) is 0 Å². The topological polar surface area (TPSA) is 70.0 Å². The first-order valence-corrected chi connectivity index (χ1v) is 6.47. The maximum atomic E-state index is 10.4. The molecule has 0 bridgehead atoms. The highest BCUT2D eigenvalue weighted by Crippen LogP contribution is 2.30. The van der Waals surface area contributed by atoms with Gasteiger partial charge in [0.15, 0.2) is 0 Å². The second kappa shape index (κ2) is 5.48. The van der Waals surface area contributed by atoms with Crippen LogP contribution in [0.3, 0.4) is 0 Å². The molecule has 1 fully saturated rings. The van der Waals surface area contributed by atoms with E-state index in [1.165, 1.54) is 5.06 Å². The van der Waals surface area contributed by atoms with Crippen LogP contribution >= 0.6 is 11.3 Å². The molecule has 0 aliphatic carbocycles. The van der Waals surface area contributed by atoms with E-state index in [9.17, 15) is 9.90 Å². The summed E-state index contributed by atoms with van der Waals surface area (Å²) in [6.07, 6.45) is -0.118. The number of carbonyl (C=O) groups is 1. The van der Waals surface area contributed by atoms with Gasteiger partial charge in [-0.1, -0.05) is 0 Å². The second-order valence-electron chi connectivity index (χ2n) is 4.15. The van der Waals surface area contributed by atoms with Crippen LogP contribution in [0.4, 0.5) is 4.79 Å². The van der Waals surface area contributed by atoms with Crippen molar-refractivity contribution in [3.05, 3.63) is 22.4 Å². The van der Waals surface area contributed by atoms with Crippen LogP contribution in [0.25, 0.3) is 0 Å². The highest BCUT2D eigenvalue weighted by atomic mass is 32.1. The maximum absolute atomic E-state index is 10.4. The van der Waals surface area contributed by atoms with E-state index in [0.29, 0.717) is 13.1 Å². The van der Waals surface area contributed by atoms with Gasteiger partial charge in [-0.15, -0.1) is 5.06 Å². The molecule has 2 N–H and O–H groups in total. The third kappa shape index (κ3) is 3.18. The Morgan fingerprint density at radius 3 is 3.12 bits per heavy atom. The fourth-order valence-electron chi connectivity index (χ4n) is 2.14. The van der Waals surface area contributed by atoms with Gasteiger partial charge in [0, 0.05) is 19.0 Å². The monoisotopic (exact) mass is 257 g/mol. The average Bonchev–Trinajstić information content (AvgIpc) is 2.81. The highest BCUT2D eigenvalue weighted by Gasteiger charge is 2.28. The van der Waals surface area contributed by atoms with Gasteiger partial charge in [-0.3, -0.25) is 0 Å². The van der Waals surface area contributed by atoms with Crippen molar-refractivity contribution in [1.82, 2.24) is 5.06 Å². The number of carboxylic acid groups (broad SMARTS) is 1. The van der Waals surface area contributed by atoms with E-state index >= 15 is 0 Å². The van der Waals surface area contributed by atoms with E-state index in [4.69, 9.17) is 5.11 Å². The lowest BCUT2D eigenvalue weighted by atomic mass is 9.90. The molecule has 6 heteroatoms. The van der Waals surface area contributed by atoms with Crippen molar-refractivity contribution < 1.29 is 19.8 Å². The fraction of sp³-hybridized carbons (Fsp3) is 0.545. The third-order valence-electron chi connectivity index (χ3n) is 2.96. The minimum absolute atomic E-state index is 0.0256. The summed E-state index contributed by atoms with van der Waals surface area (Å²) in [7, 11) is 0. The van der Waals surface area contributed by atoms with E-state index in [0.717, 1.165) is 18.4 Å². The summed E-state index contributed by atoms with van der Waals surface area (Å²) in [6, 6.07) is 1.90. The van der Waals surface area contributed by atoms with Gasteiger partial charge in [0.05, 0.1) is 6.10 Å². The zero-order valence-corrected chi connectivity index (χ0v) is 10.1. The van der Waals surface area contributed by atoms with Crippen LogP contribution in [0.5, 0.6) is 0 Å². The van der Waals surface area contributed by atoms with Crippen molar-refractivity contribution in [2.75, 3.05) is 13.1 Å². The van der Waals surface area contributed by atoms with Gasteiger partial charge in [-0.2, -0.15) is 11.3 Å². The molecule has 2 atom stereocenters. The molecule has 1 aliphatic heterocycles. The van der Waals surface area contributed by atoms with Gasteiger partial charge in [0.2, 0.25) is 0 Å². The number of hydrogen-bond acceptors (Lipinski definition) is 5. The molecule has 1 saturated heterocycles. The third-order valence-corrected chi connectivity index (χ3v) is 3.66. The molecule has 1 aliphatic rings. The molecule has 1 aromatic rings. The lowest BCUT2D eigenvalue weighted by Gasteiger charge is -2.32. The fourth-order valence-corrected chi connectivity index (χ4v) is 2.83. The van der Waals surface area contributed by atoms with Crippen LogP contribution in [0.2, 0.25) is 0 Å². The normalized spacial score (nSPS) is 23.2. The van der Waals surface area contributed by atoms with E-state index in [1.807, 2.05) is 16.8 Å². The first-order chi connectivity index (χ1) is 8.16. The Kier molecular flexibility index (Phi) is 3.98. The number of aliphatic hydroxyl groups is 1. The van der Waals surface area contributed by atoms with Gasteiger partial charge in [0.25, 0.3) is 0 Å². The molecule has 0 aromatic carbocycles. The molecule has 94 valence electrons. The summed E-state index contributed by atoms with van der Waals surface area (Å²) in [5, 5.41) is 24.0. The van der Waals surface area contributed by atoms with E-state index in [2.05, 4.69) is 4.84 Å². The number of hydrogen-bond donors (Lipinski definition) is 2. The molecular weight excluding hydrogens is 242 g/mol. The first-order valence-electron chi connectivity index (χ1n) is 5.53.